The molecule has 5 heteroatoms. The highest BCUT2D eigenvalue weighted by Crippen LogP contribution is 2.64. The third-order valence-corrected chi connectivity index (χ3v) is 16.2. The van der Waals surface area contributed by atoms with Gasteiger partial charge in [0.15, 0.2) is 11.6 Å². The maximum atomic E-state index is 7.09. The second kappa shape index (κ2) is 15.2. The minimum Gasteiger partial charge on any atom is -0.308 e. The Morgan fingerprint density at radius 3 is 1.64 bits per heavy atom. The quantitative estimate of drug-likeness (QED) is 0.167. The summed E-state index contributed by atoms with van der Waals surface area (Å²) in [7, 11) is 0. The van der Waals surface area contributed by atoms with Gasteiger partial charge < -0.3 is 4.57 Å². The molecular weight excluding hydrogens is 896 g/mol. The third-order valence-electron chi connectivity index (χ3n) is 16.1. The summed E-state index contributed by atoms with van der Waals surface area (Å²) in [6.45, 7) is 4.60. The first-order valence-electron chi connectivity index (χ1n) is 24.7. The van der Waals surface area contributed by atoms with E-state index in [1.54, 1.807) is 0 Å². The number of rotatable bonds is 6. The van der Waals surface area contributed by atoms with Gasteiger partial charge in [0, 0.05) is 44.0 Å². The average molecular weight is 940 g/mol. The van der Waals surface area contributed by atoms with Crippen LogP contribution in [0.1, 0.15) is 47.2 Å². The van der Waals surface area contributed by atoms with E-state index in [9.17, 15) is 0 Å². The zero-order chi connectivity index (χ0) is 47.9. The molecule has 338 valence electrons. The lowest BCUT2D eigenvalue weighted by Crippen LogP contribution is -2.28. The number of halogens is 1. The monoisotopic (exact) mass is 938 g/mol. The number of aromatic nitrogens is 4. The molecule has 10 aromatic carbocycles. The summed E-state index contributed by atoms with van der Waals surface area (Å²) in [6, 6.07) is 82.3. The molecule has 2 aromatic heterocycles. The van der Waals surface area contributed by atoms with Crippen LogP contribution in [0.2, 0.25) is 5.28 Å². The summed E-state index contributed by atoms with van der Waals surface area (Å²) in [5.41, 5.74) is 23.5. The van der Waals surface area contributed by atoms with Gasteiger partial charge in [-0.2, -0.15) is 9.97 Å². The van der Waals surface area contributed by atoms with Gasteiger partial charge in [0.05, 0.1) is 22.1 Å². The molecule has 0 atom stereocenters. The van der Waals surface area contributed by atoms with Crippen molar-refractivity contribution in [2.24, 2.45) is 0 Å². The van der Waals surface area contributed by atoms with Crippen molar-refractivity contribution in [3.63, 3.8) is 0 Å². The van der Waals surface area contributed by atoms with Crippen molar-refractivity contribution in [2.45, 2.75) is 24.7 Å². The van der Waals surface area contributed by atoms with Gasteiger partial charge >= 0.3 is 0 Å². The molecule has 4 nitrogen and oxygen atoms in total. The van der Waals surface area contributed by atoms with Gasteiger partial charge in [-0.05, 0) is 102 Å². The van der Waals surface area contributed by atoms with Crippen LogP contribution >= 0.6 is 11.6 Å². The van der Waals surface area contributed by atoms with Gasteiger partial charge in [0.1, 0.15) is 0 Å². The third kappa shape index (κ3) is 5.61. The Morgan fingerprint density at radius 1 is 0.375 bits per heavy atom. The van der Waals surface area contributed by atoms with Crippen molar-refractivity contribution >= 4 is 33.4 Å². The molecular formula is C67H43ClN4. The van der Waals surface area contributed by atoms with Crippen LogP contribution in [0.4, 0.5) is 0 Å². The number of hydrogen-bond donors (Lipinski definition) is 0. The molecule has 0 amide bonds. The minimum absolute atomic E-state index is 0.125. The van der Waals surface area contributed by atoms with Crippen LogP contribution in [-0.4, -0.2) is 19.5 Å². The molecule has 12 aromatic rings. The lowest BCUT2D eigenvalue weighted by atomic mass is 9.67. The highest BCUT2D eigenvalue weighted by molar-refractivity contribution is 6.28. The zero-order valence-corrected chi connectivity index (χ0v) is 40.3. The largest absolute Gasteiger partial charge is 0.308 e. The number of fused-ring (bicyclic) bond motifs is 9. The molecule has 0 radical (unpaired) electrons. The second-order valence-electron chi connectivity index (χ2n) is 20.0. The molecule has 2 aliphatic carbocycles. The van der Waals surface area contributed by atoms with Crippen LogP contribution in [0.3, 0.4) is 0 Å². The van der Waals surface area contributed by atoms with Gasteiger partial charge in [-0.1, -0.05) is 220 Å². The Bertz CT molecular complexity index is 4150. The summed E-state index contributed by atoms with van der Waals surface area (Å²) >= 11 is 7.09. The second-order valence-corrected chi connectivity index (χ2v) is 20.3. The average Bonchev–Trinajstić information content (AvgIpc) is 3.98. The summed E-state index contributed by atoms with van der Waals surface area (Å²) in [4.78, 5) is 15.3. The SMILES string of the molecule is CC1(C)c2ccccc2-c2cc(-c3nc(Cl)nc(-c4ccc5c6c4-c4ccccc4-n4c7ccccc7c7ccc(c-6c74)C5(c4ccc(-c5ccccc5)cc4)c4ccc(-c5ccccc5)cc4)n3)ccc21. The van der Waals surface area contributed by atoms with E-state index < -0.39 is 5.41 Å². The Morgan fingerprint density at radius 2 is 0.917 bits per heavy atom. The first-order valence-corrected chi connectivity index (χ1v) is 25.1. The minimum atomic E-state index is -0.722. The Hall–Kier alpha value is -8.70. The van der Waals surface area contributed by atoms with Crippen molar-refractivity contribution in [3.8, 4) is 84.1 Å². The first-order chi connectivity index (χ1) is 35.4. The fourth-order valence-corrected chi connectivity index (χ4v) is 13.0. The van der Waals surface area contributed by atoms with E-state index in [1.807, 2.05) is 0 Å². The Balaban J connectivity index is 1.03. The Labute approximate surface area is 422 Å². The molecule has 0 bridgehead atoms. The molecule has 0 saturated heterocycles. The molecule has 0 spiro atoms. The van der Waals surface area contributed by atoms with Gasteiger partial charge in [-0.15, -0.1) is 0 Å². The van der Waals surface area contributed by atoms with E-state index in [0.717, 1.165) is 33.5 Å². The topological polar surface area (TPSA) is 43.6 Å². The summed E-state index contributed by atoms with van der Waals surface area (Å²) in [6.07, 6.45) is 0. The number of nitrogens with zero attached hydrogens (tertiary/aromatic N) is 4. The molecule has 3 heterocycles. The lowest BCUT2D eigenvalue weighted by Gasteiger charge is -2.34. The lowest BCUT2D eigenvalue weighted by molar-refractivity contribution is 0.660. The predicted octanol–water partition coefficient (Wildman–Crippen LogP) is 16.9. The van der Waals surface area contributed by atoms with E-state index in [2.05, 4.69) is 243 Å². The fourth-order valence-electron chi connectivity index (χ4n) is 12.9. The van der Waals surface area contributed by atoms with Crippen LogP contribution in [0.15, 0.2) is 224 Å². The molecule has 0 unspecified atom stereocenters. The van der Waals surface area contributed by atoms with Gasteiger partial charge in [0.25, 0.3) is 0 Å². The maximum absolute atomic E-state index is 7.09. The van der Waals surface area contributed by atoms with E-state index in [1.165, 1.54) is 94.2 Å². The van der Waals surface area contributed by atoms with E-state index >= 15 is 0 Å². The van der Waals surface area contributed by atoms with E-state index in [4.69, 9.17) is 26.6 Å². The van der Waals surface area contributed by atoms with Gasteiger partial charge in [-0.3, -0.25) is 0 Å². The van der Waals surface area contributed by atoms with E-state index in [0.29, 0.717) is 11.6 Å². The van der Waals surface area contributed by atoms with Crippen LogP contribution in [0.5, 0.6) is 0 Å². The van der Waals surface area contributed by atoms with Crippen molar-refractivity contribution < 1.29 is 0 Å². The van der Waals surface area contributed by atoms with Crippen molar-refractivity contribution in [3.05, 3.63) is 263 Å². The normalized spacial score (nSPS) is 14.0. The summed E-state index contributed by atoms with van der Waals surface area (Å²) in [5.74, 6) is 1.07. The van der Waals surface area contributed by atoms with Crippen LogP contribution in [0, 0.1) is 0 Å². The fraction of sp³-hybridized carbons (Fsp3) is 0.0597. The predicted molar refractivity (Wildman–Crippen MR) is 295 cm³/mol. The van der Waals surface area contributed by atoms with Crippen LogP contribution in [-0.2, 0) is 10.8 Å². The maximum Gasteiger partial charge on any atom is 0.226 e. The molecule has 0 saturated carbocycles. The zero-order valence-electron chi connectivity index (χ0n) is 39.5. The van der Waals surface area contributed by atoms with Gasteiger partial charge in [0.2, 0.25) is 5.28 Å². The molecule has 3 aliphatic rings. The molecule has 72 heavy (non-hydrogen) atoms. The standard InChI is InChI=1S/C67H43ClN4/c1-66(2)53-22-12-9-19-47(53)52-39-44(29-36-54(52)66)63-69-64(71-65(68)70-63)51-35-38-55-60-59(51)50-21-11-14-24-58(50)72-57-23-13-10-20-48(57)49-34-37-56(61(60)62(49)72)67(55,45-30-25-42(26-31-45)40-15-5-3-6-16-40)46-32-27-43(28-33-46)41-17-7-4-8-18-41/h3-39H,1-2H3. The van der Waals surface area contributed by atoms with Crippen LogP contribution < -0.4 is 0 Å². The number of para-hydroxylation sites is 2. The highest BCUT2D eigenvalue weighted by atomic mass is 35.5. The first kappa shape index (κ1) is 41.1. The number of benzene rings is 10. The highest BCUT2D eigenvalue weighted by Gasteiger charge is 2.50. The molecule has 0 N–H and O–H groups in total. The van der Waals surface area contributed by atoms with Crippen molar-refractivity contribution in [2.75, 3.05) is 0 Å². The molecule has 15 rings (SSSR count). The summed E-state index contributed by atoms with van der Waals surface area (Å²) in [5, 5.41) is 2.58. The Kier molecular flexibility index (Phi) is 8.65. The summed E-state index contributed by atoms with van der Waals surface area (Å²) < 4.78 is 2.51. The van der Waals surface area contributed by atoms with Crippen molar-refractivity contribution in [1.82, 2.24) is 19.5 Å². The molecule has 0 fully saturated rings. The van der Waals surface area contributed by atoms with Crippen molar-refractivity contribution in [1.29, 1.82) is 0 Å². The smallest absolute Gasteiger partial charge is 0.226 e. The number of hydrogen-bond acceptors (Lipinski definition) is 3. The van der Waals surface area contributed by atoms with E-state index in [-0.39, 0.29) is 10.7 Å². The van der Waals surface area contributed by atoms with Gasteiger partial charge in [-0.25, -0.2) is 4.98 Å². The molecule has 1 aliphatic heterocycles. The van der Waals surface area contributed by atoms with Crippen LogP contribution in [0.25, 0.3) is 106 Å².